The van der Waals surface area contributed by atoms with E-state index in [1.54, 1.807) is 44.1 Å². The fraction of sp³-hybridized carbons (Fsp3) is 0.294. The molecule has 1 atom stereocenters. The Labute approximate surface area is 134 Å². The predicted octanol–water partition coefficient (Wildman–Crippen LogP) is 2.08. The fourth-order valence-corrected chi connectivity index (χ4v) is 2.60. The van der Waals surface area contributed by atoms with Gasteiger partial charge in [-0.3, -0.25) is 9.59 Å². The van der Waals surface area contributed by atoms with Crippen molar-refractivity contribution in [2.45, 2.75) is 13.0 Å². The van der Waals surface area contributed by atoms with Crippen molar-refractivity contribution in [2.75, 3.05) is 25.5 Å². The van der Waals surface area contributed by atoms with Crippen molar-refractivity contribution in [3.8, 4) is 5.75 Å². The molecule has 0 N–H and O–H groups in total. The first-order valence-corrected chi connectivity index (χ1v) is 7.32. The van der Waals surface area contributed by atoms with Gasteiger partial charge >= 0.3 is 0 Å². The quantitative estimate of drug-likeness (QED) is 0.851. The number of hydrogen-bond acceptors (Lipinski definition) is 4. The van der Waals surface area contributed by atoms with Gasteiger partial charge < -0.3 is 19.0 Å². The van der Waals surface area contributed by atoms with E-state index in [2.05, 4.69) is 0 Å². The van der Waals surface area contributed by atoms with Crippen LogP contribution in [0.25, 0.3) is 0 Å². The number of nitrogens with zero attached hydrogens (tertiary/aromatic N) is 2. The lowest BCUT2D eigenvalue weighted by molar-refractivity contribution is -0.135. The molecule has 1 aromatic carbocycles. The Morgan fingerprint density at radius 2 is 1.96 bits per heavy atom. The van der Waals surface area contributed by atoms with E-state index in [1.807, 2.05) is 12.1 Å². The molecule has 0 unspecified atom stereocenters. The number of benzene rings is 1. The SMILES string of the molecule is Cc1occc1C(=O)N1C[C@@H](C(=O)N(C)C)Oc2ccccc21. The lowest BCUT2D eigenvalue weighted by Gasteiger charge is -2.35. The van der Waals surface area contributed by atoms with Gasteiger partial charge in [-0.05, 0) is 25.1 Å². The molecule has 2 heterocycles. The summed E-state index contributed by atoms with van der Waals surface area (Å²) in [6, 6.07) is 8.84. The molecule has 0 radical (unpaired) electrons. The van der Waals surface area contributed by atoms with Crippen LogP contribution in [0.3, 0.4) is 0 Å². The number of para-hydroxylation sites is 2. The minimum absolute atomic E-state index is 0.164. The summed E-state index contributed by atoms with van der Waals surface area (Å²) in [5.41, 5.74) is 1.14. The lowest BCUT2D eigenvalue weighted by Crippen LogP contribution is -2.50. The minimum atomic E-state index is -0.726. The smallest absolute Gasteiger partial charge is 0.265 e. The number of anilines is 1. The average Bonchev–Trinajstić information content (AvgIpc) is 2.98. The van der Waals surface area contributed by atoms with E-state index < -0.39 is 6.10 Å². The highest BCUT2D eigenvalue weighted by Crippen LogP contribution is 2.34. The summed E-state index contributed by atoms with van der Waals surface area (Å²) in [7, 11) is 3.33. The second-order valence-electron chi connectivity index (χ2n) is 5.61. The summed E-state index contributed by atoms with van der Waals surface area (Å²) in [5, 5.41) is 0. The van der Waals surface area contributed by atoms with Gasteiger partial charge in [-0.15, -0.1) is 0 Å². The Kier molecular flexibility index (Phi) is 3.82. The first-order chi connectivity index (χ1) is 11.0. The molecular weight excluding hydrogens is 296 g/mol. The zero-order valence-electron chi connectivity index (χ0n) is 13.3. The zero-order valence-corrected chi connectivity index (χ0v) is 13.3. The van der Waals surface area contributed by atoms with Crippen LogP contribution in [0.2, 0.25) is 0 Å². The second kappa shape index (κ2) is 5.79. The Morgan fingerprint density at radius 3 is 2.61 bits per heavy atom. The van der Waals surface area contributed by atoms with E-state index in [4.69, 9.17) is 9.15 Å². The molecule has 0 bridgehead atoms. The third kappa shape index (κ3) is 2.67. The topological polar surface area (TPSA) is 63.0 Å². The van der Waals surface area contributed by atoms with Gasteiger partial charge in [-0.25, -0.2) is 0 Å². The van der Waals surface area contributed by atoms with E-state index in [0.717, 1.165) is 0 Å². The minimum Gasteiger partial charge on any atom is -0.476 e. The molecule has 0 fully saturated rings. The normalized spacial score (nSPS) is 16.5. The molecule has 6 heteroatoms. The number of hydrogen-bond donors (Lipinski definition) is 0. The molecule has 0 aliphatic carbocycles. The van der Waals surface area contributed by atoms with Crippen LogP contribution >= 0.6 is 0 Å². The van der Waals surface area contributed by atoms with Crippen molar-refractivity contribution in [1.29, 1.82) is 0 Å². The molecule has 6 nitrogen and oxygen atoms in total. The summed E-state index contributed by atoms with van der Waals surface area (Å²) in [6.07, 6.45) is 0.758. The van der Waals surface area contributed by atoms with Crippen molar-refractivity contribution in [3.63, 3.8) is 0 Å². The van der Waals surface area contributed by atoms with Crippen LogP contribution in [0, 0.1) is 6.92 Å². The maximum absolute atomic E-state index is 12.9. The zero-order chi connectivity index (χ0) is 16.6. The summed E-state index contributed by atoms with van der Waals surface area (Å²) in [5.74, 6) is 0.688. The molecule has 1 aliphatic rings. The van der Waals surface area contributed by atoms with Gasteiger partial charge in [0.15, 0.2) is 6.10 Å². The maximum Gasteiger partial charge on any atom is 0.265 e. The number of carbonyl (C=O) groups is 2. The Balaban J connectivity index is 1.99. The highest BCUT2D eigenvalue weighted by molar-refractivity contribution is 6.08. The second-order valence-corrected chi connectivity index (χ2v) is 5.61. The van der Waals surface area contributed by atoms with Gasteiger partial charge in [0.25, 0.3) is 11.8 Å². The van der Waals surface area contributed by atoms with Crippen LogP contribution in [0.15, 0.2) is 41.0 Å². The van der Waals surface area contributed by atoms with Gasteiger partial charge in [-0.1, -0.05) is 12.1 Å². The first-order valence-electron chi connectivity index (χ1n) is 7.32. The lowest BCUT2D eigenvalue weighted by atomic mass is 10.1. The Hall–Kier alpha value is -2.76. The van der Waals surface area contributed by atoms with Crippen LogP contribution in [0.4, 0.5) is 5.69 Å². The van der Waals surface area contributed by atoms with Crippen LogP contribution < -0.4 is 9.64 Å². The number of furan rings is 1. The summed E-state index contributed by atoms with van der Waals surface area (Å²) in [4.78, 5) is 28.2. The molecular formula is C17H18N2O4. The third-order valence-corrected chi connectivity index (χ3v) is 3.82. The molecule has 23 heavy (non-hydrogen) atoms. The number of amides is 2. The van der Waals surface area contributed by atoms with Crippen molar-refractivity contribution < 1.29 is 18.7 Å². The maximum atomic E-state index is 12.9. The van der Waals surface area contributed by atoms with E-state index >= 15 is 0 Å². The van der Waals surface area contributed by atoms with Crippen molar-refractivity contribution in [1.82, 2.24) is 4.90 Å². The summed E-state index contributed by atoms with van der Waals surface area (Å²) in [6.45, 7) is 1.90. The van der Waals surface area contributed by atoms with Gasteiger partial charge in [-0.2, -0.15) is 0 Å². The highest BCUT2D eigenvalue weighted by Gasteiger charge is 2.35. The fourth-order valence-electron chi connectivity index (χ4n) is 2.60. The number of ether oxygens (including phenoxy) is 1. The van der Waals surface area contributed by atoms with E-state index in [1.165, 1.54) is 11.2 Å². The summed E-state index contributed by atoms with van der Waals surface area (Å²) >= 11 is 0. The molecule has 1 aromatic heterocycles. The average molecular weight is 314 g/mol. The molecule has 3 rings (SSSR count). The number of aryl methyl sites for hydroxylation is 1. The third-order valence-electron chi connectivity index (χ3n) is 3.82. The number of fused-ring (bicyclic) bond motifs is 1. The largest absolute Gasteiger partial charge is 0.476 e. The van der Waals surface area contributed by atoms with Crippen molar-refractivity contribution in [3.05, 3.63) is 47.9 Å². The van der Waals surface area contributed by atoms with E-state index in [-0.39, 0.29) is 18.4 Å². The van der Waals surface area contributed by atoms with E-state index in [0.29, 0.717) is 22.8 Å². The number of likely N-dealkylation sites (N-methyl/N-ethyl adjacent to an activating group) is 1. The molecule has 1 aliphatic heterocycles. The molecule has 0 spiro atoms. The van der Waals surface area contributed by atoms with E-state index in [9.17, 15) is 9.59 Å². The molecule has 0 saturated heterocycles. The van der Waals surface area contributed by atoms with Gasteiger partial charge in [0.2, 0.25) is 0 Å². The van der Waals surface area contributed by atoms with Crippen molar-refractivity contribution in [2.24, 2.45) is 0 Å². The van der Waals surface area contributed by atoms with Crippen LogP contribution in [-0.2, 0) is 4.79 Å². The monoisotopic (exact) mass is 314 g/mol. The van der Waals surface area contributed by atoms with Gasteiger partial charge in [0.05, 0.1) is 24.1 Å². The van der Waals surface area contributed by atoms with Crippen LogP contribution in [-0.4, -0.2) is 43.5 Å². The highest BCUT2D eigenvalue weighted by atomic mass is 16.5. The number of rotatable bonds is 2. The first kappa shape index (κ1) is 15.1. The van der Waals surface area contributed by atoms with Crippen LogP contribution in [0.5, 0.6) is 5.75 Å². The van der Waals surface area contributed by atoms with Gasteiger partial charge in [0.1, 0.15) is 11.5 Å². The number of carbonyl (C=O) groups excluding carboxylic acids is 2. The Bertz CT molecular complexity index is 751. The Morgan fingerprint density at radius 1 is 1.22 bits per heavy atom. The van der Waals surface area contributed by atoms with Crippen LogP contribution in [0.1, 0.15) is 16.1 Å². The molecule has 2 aromatic rings. The molecule has 120 valence electrons. The van der Waals surface area contributed by atoms with Gasteiger partial charge in [0, 0.05) is 14.1 Å². The predicted molar refractivity (Wildman–Crippen MR) is 84.7 cm³/mol. The van der Waals surface area contributed by atoms with Crippen molar-refractivity contribution >= 4 is 17.5 Å². The molecule has 0 saturated carbocycles. The summed E-state index contributed by atoms with van der Waals surface area (Å²) < 4.78 is 11.0. The standard InChI is InChI=1S/C17H18N2O4/c1-11-12(8-9-22-11)16(20)19-10-15(17(21)18(2)3)23-14-7-5-4-6-13(14)19/h4-9,15H,10H2,1-3H3/t15-/m0/s1. The molecule has 2 amide bonds.